The van der Waals surface area contributed by atoms with Gasteiger partial charge in [-0.2, -0.15) is 4.52 Å². The van der Waals surface area contributed by atoms with Gasteiger partial charge in [0.15, 0.2) is 40.6 Å². The first-order valence-corrected chi connectivity index (χ1v) is 10.9. The van der Waals surface area contributed by atoms with Gasteiger partial charge in [0.05, 0.1) is 20.8 Å². The van der Waals surface area contributed by atoms with Crippen molar-refractivity contribution in [3.63, 3.8) is 0 Å². The smallest absolute Gasteiger partial charge is 0.260 e. The van der Waals surface area contributed by atoms with E-state index in [0.29, 0.717) is 34.6 Å². The highest BCUT2D eigenvalue weighted by Gasteiger charge is 2.17. The van der Waals surface area contributed by atoms with Gasteiger partial charge in [0.2, 0.25) is 5.88 Å². The summed E-state index contributed by atoms with van der Waals surface area (Å²) in [6.07, 6.45) is -1.000. The van der Waals surface area contributed by atoms with E-state index in [1.54, 1.807) is 38.5 Å². The van der Waals surface area contributed by atoms with E-state index in [4.69, 9.17) is 18.9 Å². The van der Waals surface area contributed by atoms with Crippen LogP contribution in [0.5, 0.6) is 23.1 Å². The summed E-state index contributed by atoms with van der Waals surface area (Å²) in [6, 6.07) is 11.5. The Hall–Kier alpha value is -4.48. The first-order chi connectivity index (χ1) is 17.4. The van der Waals surface area contributed by atoms with E-state index in [-0.39, 0.29) is 24.8 Å². The minimum absolute atomic E-state index is 0.107. The Kier molecular flexibility index (Phi) is 7.42. The molecule has 0 saturated carbocycles. The van der Waals surface area contributed by atoms with Gasteiger partial charge in [-0.3, -0.25) is 4.79 Å². The van der Waals surface area contributed by atoms with E-state index in [1.807, 2.05) is 6.07 Å². The van der Waals surface area contributed by atoms with E-state index in [0.717, 1.165) is 12.1 Å². The van der Waals surface area contributed by atoms with Crippen LogP contribution in [0, 0.1) is 11.6 Å². The normalized spacial score (nSPS) is 11.7. The molecule has 0 saturated heterocycles. The zero-order valence-electron chi connectivity index (χ0n) is 19.7. The summed E-state index contributed by atoms with van der Waals surface area (Å²) in [5, 5.41) is 15.4. The van der Waals surface area contributed by atoms with E-state index in [1.165, 1.54) is 11.4 Å². The molecule has 1 unspecified atom stereocenters. The van der Waals surface area contributed by atoms with Gasteiger partial charge < -0.3 is 24.3 Å². The summed E-state index contributed by atoms with van der Waals surface area (Å²) in [4.78, 5) is 12.2. The number of nitrogens with zero attached hydrogens (tertiary/aromatic N) is 4. The van der Waals surface area contributed by atoms with Gasteiger partial charge in [-0.05, 0) is 43.3 Å². The molecule has 0 aliphatic rings. The molecule has 1 atom stereocenters. The van der Waals surface area contributed by atoms with Crippen LogP contribution >= 0.6 is 0 Å². The zero-order chi connectivity index (χ0) is 25.7. The Morgan fingerprint density at radius 3 is 2.53 bits per heavy atom. The fraction of sp³-hybridized carbons (Fsp3) is 0.250. The second-order valence-electron chi connectivity index (χ2n) is 7.51. The first-order valence-electron chi connectivity index (χ1n) is 10.9. The summed E-state index contributed by atoms with van der Waals surface area (Å²) in [5.41, 5.74) is 1.23. The third kappa shape index (κ3) is 5.43. The highest BCUT2D eigenvalue weighted by Crippen LogP contribution is 2.31. The number of halogens is 2. The quantitative estimate of drug-likeness (QED) is 0.332. The molecule has 2 heterocycles. The summed E-state index contributed by atoms with van der Waals surface area (Å²) in [7, 11) is 3.09. The molecular weight excluding hydrogens is 476 g/mol. The number of rotatable bonds is 10. The molecule has 12 heteroatoms. The number of carbonyl (C=O) groups excluding carboxylic acids is 1. The molecule has 188 valence electrons. The fourth-order valence-electron chi connectivity index (χ4n) is 3.29. The van der Waals surface area contributed by atoms with Crippen molar-refractivity contribution in [2.24, 2.45) is 0 Å². The van der Waals surface area contributed by atoms with Gasteiger partial charge in [-0.15, -0.1) is 15.3 Å². The second-order valence-corrected chi connectivity index (χ2v) is 7.51. The highest BCUT2D eigenvalue weighted by atomic mass is 19.1. The van der Waals surface area contributed by atoms with Crippen LogP contribution in [0.2, 0.25) is 0 Å². The summed E-state index contributed by atoms with van der Waals surface area (Å²) in [5.74, 6) is -0.442. The van der Waals surface area contributed by atoms with Crippen LogP contribution in [0.4, 0.5) is 8.78 Å². The molecule has 4 rings (SSSR count). The lowest BCUT2D eigenvalue weighted by Crippen LogP contribution is -2.38. The van der Waals surface area contributed by atoms with Crippen molar-refractivity contribution in [1.29, 1.82) is 0 Å². The van der Waals surface area contributed by atoms with Crippen molar-refractivity contribution < 1.29 is 32.5 Å². The number of hydrogen-bond acceptors (Lipinski definition) is 8. The van der Waals surface area contributed by atoms with E-state index in [9.17, 15) is 13.6 Å². The van der Waals surface area contributed by atoms with Crippen molar-refractivity contribution in [3.05, 3.63) is 60.2 Å². The average Bonchev–Trinajstić information content (AvgIpc) is 3.31. The lowest BCUT2D eigenvalue weighted by atomic mass is 10.2. The molecule has 0 aliphatic carbocycles. The van der Waals surface area contributed by atoms with Gasteiger partial charge in [0.1, 0.15) is 12.4 Å². The number of nitrogens with one attached hydrogen (secondary N) is 1. The van der Waals surface area contributed by atoms with Gasteiger partial charge in [0, 0.05) is 17.7 Å². The lowest BCUT2D eigenvalue weighted by Gasteiger charge is -2.15. The number of aromatic nitrogens is 4. The highest BCUT2D eigenvalue weighted by molar-refractivity contribution is 5.80. The van der Waals surface area contributed by atoms with Gasteiger partial charge >= 0.3 is 0 Å². The number of benzene rings is 2. The Balaban J connectivity index is 1.35. The Bertz CT molecular complexity index is 1380. The molecule has 1 amide bonds. The van der Waals surface area contributed by atoms with Gasteiger partial charge in [-0.25, -0.2) is 8.78 Å². The molecule has 0 spiro atoms. The molecule has 0 bridgehead atoms. The molecule has 0 radical (unpaired) electrons. The average molecular weight is 499 g/mol. The maximum Gasteiger partial charge on any atom is 0.260 e. The minimum Gasteiger partial charge on any atom is -0.493 e. The maximum atomic E-state index is 13.7. The number of methoxy groups -OCH3 is 2. The van der Waals surface area contributed by atoms with Crippen LogP contribution in [-0.4, -0.2) is 59.2 Å². The third-order valence-corrected chi connectivity index (χ3v) is 5.10. The SMILES string of the molecule is COc1ccc(-c2nnc3ccc(OCCNC(=O)C(C)Oc4ccc(F)cc4F)nn23)cc1OC. The van der Waals surface area contributed by atoms with Crippen LogP contribution in [0.15, 0.2) is 48.5 Å². The molecule has 2 aromatic carbocycles. The van der Waals surface area contributed by atoms with Gasteiger partial charge in [-0.1, -0.05) is 0 Å². The largest absolute Gasteiger partial charge is 0.493 e. The summed E-state index contributed by atoms with van der Waals surface area (Å²) < 4.78 is 49.8. The Morgan fingerprint density at radius 1 is 1.00 bits per heavy atom. The topological polar surface area (TPSA) is 109 Å². The summed E-state index contributed by atoms with van der Waals surface area (Å²) >= 11 is 0. The molecule has 0 aliphatic heterocycles. The molecule has 10 nitrogen and oxygen atoms in total. The number of ether oxygens (including phenoxy) is 4. The first kappa shape index (κ1) is 24.6. The maximum absolute atomic E-state index is 13.7. The van der Waals surface area contributed by atoms with E-state index < -0.39 is 23.6 Å². The number of hydrogen-bond donors (Lipinski definition) is 1. The fourth-order valence-corrected chi connectivity index (χ4v) is 3.29. The van der Waals surface area contributed by atoms with E-state index >= 15 is 0 Å². The molecule has 4 aromatic rings. The Labute approximate surface area is 204 Å². The molecular formula is C24H23F2N5O5. The third-order valence-electron chi connectivity index (χ3n) is 5.10. The van der Waals surface area contributed by atoms with E-state index in [2.05, 4.69) is 20.6 Å². The van der Waals surface area contributed by atoms with Crippen LogP contribution in [0.3, 0.4) is 0 Å². The lowest BCUT2D eigenvalue weighted by molar-refractivity contribution is -0.127. The van der Waals surface area contributed by atoms with Gasteiger partial charge in [0.25, 0.3) is 5.91 Å². The monoisotopic (exact) mass is 499 g/mol. The predicted octanol–water partition coefficient (Wildman–Crippen LogP) is 3.05. The number of fused-ring (bicyclic) bond motifs is 1. The van der Waals surface area contributed by atoms with Crippen LogP contribution in [-0.2, 0) is 4.79 Å². The van der Waals surface area contributed by atoms with Crippen molar-refractivity contribution in [2.45, 2.75) is 13.0 Å². The zero-order valence-corrected chi connectivity index (χ0v) is 19.7. The number of amides is 1. The van der Waals surface area contributed by atoms with Crippen molar-refractivity contribution in [3.8, 4) is 34.5 Å². The second kappa shape index (κ2) is 10.8. The molecule has 1 N–H and O–H groups in total. The van der Waals surface area contributed by atoms with Crippen molar-refractivity contribution in [1.82, 2.24) is 25.1 Å². The molecule has 36 heavy (non-hydrogen) atoms. The molecule has 2 aromatic heterocycles. The predicted molar refractivity (Wildman–Crippen MR) is 124 cm³/mol. The van der Waals surface area contributed by atoms with Crippen LogP contribution in [0.25, 0.3) is 17.0 Å². The van der Waals surface area contributed by atoms with Crippen molar-refractivity contribution >= 4 is 11.6 Å². The molecule has 0 fully saturated rings. The number of carbonyl (C=O) groups is 1. The van der Waals surface area contributed by atoms with Crippen molar-refractivity contribution in [2.75, 3.05) is 27.4 Å². The van der Waals surface area contributed by atoms with Crippen LogP contribution in [0.1, 0.15) is 6.92 Å². The standard InChI is InChI=1S/C24H23F2N5O5/c1-14(36-18-7-5-16(25)13-17(18)26)24(32)27-10-11-35-22-9-8-21-28-29-23(31(21)30-22)15-4-6-19(33-2)20(12-15)34-3/h4-9,12-14H,10-11H2,1-3H3,(H,27,32). The minimum atomic E-state index is -1.000. The van der Waals surface area contributed by atoms with Crippen LogP contribution < -0.4 is 24.3 Å². The Morgan fingerprint density at radius 2 is 1.78 bits per heavy atom. The summed E-state index contributed by atoms with van der Waals surface area (Å²) in [6.45, 7) is 1.70.